The van der Waals surface area contributed by atoms with E-state index < -0.39 is 5.92 Å². The van der Waals surface area contributed by atoms with Crippen molar-refractivity contribution >= 4 is 52.4 Å². The van der Waals surface area contributed by atoms with Gasteiger partial charge in [-0.1, -0.05) is 58.5 Å². The first kappa shape index (κ1) is 18.4. The maximum Gasteiger partial charge on any atom is 0.313 e. The summed E-state index contributed by atoms with van der Waals surface area (Å²) in [6.45, 7) is 2.04. The second kappa shape index (κ2) is 8.25. The van der Waals surface area contributed by atoms with Gasteiger partial charge in [-0.3, -0.25) is 4.79 Å². The number of rotatable bonds is 5. The van der Waals surface area contributed by atoms with Gasteiger partial charge >= 0.3 is 5.97 Å². The van der Waals surface area contributed by atoms with E-state index in [1.54, 1.807) is 43.3 Å². The Morgan fingerprint density at radius 2 is 1.61 bits per heavy atom. The predicted octanol–water partition coefficient (Wildman–Crippen LogP) is 6.19. The zero-order chi connectivity index (χ0) is 17.0. The van der Waals surface area contributed by atoms with E-state index in [4.69, 9.17) is 51.1 Å². The van der Waals surface area contributed by atoms with Crippen LogP contribution in [0.1, 0.15) is 24.0 Å². The van der Waals surface area contributed by atoms with Crippen LogP contribution < -0.4 is 0 Å². The van der Waals surface area contributed by atoms with Crippen LogP contribution in [0.3, 0.4) is 0 Å². The molecule has 0 aromatic heterocycles. The lowest BCUT2D eigenvalue weighted by Gasteiger charge is -2.18. The van der Waals surface area contributed by atoms with Gasteiger partial charge < -0.3 is 4.74 Å². The van der Waals surface area contributed by atoms with Crippen LogP contribution in [0.5, 0.6) is 0 Å². The Bertz CT molecular complexity index is 716. The molecular weight excluding hydrogens is 378 g/mol. The molecule has 23 heavy (non-hydrogen) atoms. The van der Waals surface area contributed by atoms with Gasteiger partial charge in [0.05, 0.1) is 12.5 Å². The Labute approximate surface area is 155 Å². The molecule has 0 aliphatic carbocycles. The largest absolute Gasteiger partial charge is 0.466 e. The number of benzene rings is 2. The molecule has 0 bridgehead atoms. The molecule has 2 aromatic carbocycles. The molecule has 0 amide bonds. The minimum Gasteiger partial charge on any atom is -0.466 e. The molecule has 0 N–H and O–H groups in total. The monoisotopic (exact) mass is 390 g/mol. The van der Waals surface area contributed by atoms with E-state index in [1.807, 2.05) is 0 Å². The van der Waals surface area contributed by atoms with Crippen LogP contribution in [-0.4, -0.2) is 12.6 Å². The van der Waals surface area contributed by atoms with E-state index in [0.717, 1.165) is 5.56 Å². The van der Waals surface area contributed by atoms with Crippen LogP contribution in [0.4, 0.5) is 0 Å². The van der Waals surface area contributed by atoms with Gasteiger partial charge in [-0.15, -0.1) is 0 Å². The average Bonchev–Trinajstić information content (AvgIpc) is 2.47. The van der Waals surface area contributed by atoms with Crippen LogP contribution in [0, 0.1) is 0 Å². The minimum absolute atomic E-state index is 0.287. The summed E-state index contributed by atoms with van der Waals surface area (Å²) in [5, 5.41) is 1.96. The maximum atomic E-state index is 12.4. The fraction of sp³-hybridized carbons (Fsp3) is 0.235. The van der Waals surface area contributed by atoms with Gasteiger partial charge in [0.25, 0.3) is 0 Å². The normalized spacial score (nSPS) is 12.0. The highest BCUT2D eigenvalue weighted by Crippen LogP contribution is 2.33. The summed E-state index contributed by atoms with van der Waals surface area (Å²) in [7, 11) is 0. The summed E-state index contributed by atoms with van der Waals surface area (Å²) in [6, 6.07) is 10.2. The third kappa shape index (κ3) is 4.77. The molecule has 2 aromatic rings. The molecule has 122 valence electrons. The lowest BCUT2D eigenvalue weighted by Crippen LogP contribution is -2.19. The van der Waals surface area contributed by atoms with Gasteiger partial charge in [0.2, 0.25) is 0 Å². The van der Waals surface area contributed by atoms with E-state index in [1.165, 1.54) is 0 Å². The lowest BCUT2D eigenvalue weighted by atomic mass is 9.92. The van der Waals surface area contributed by atoms with Crippen molar-refractivity contribution in [3.8, 4) is 0 Å². The lowest BCUT2D eigenvalue weighted by molar-refractivity contribution is -0.144. The van der Waals surface area contributed by atoms with Crippen molar-refractivity contribution in [3.63, 3.8) is 0 Å². The molecule has 0 aliphatic rings. The molecule has 2 nitrogen and oxygen atoms in total. The standard InChI is InChI=1S/C17H14Cl4O2/c1-2-23-17(22)14(13-6-5-12(19)9-16(13)21)7-10-3-4-11(18)8-15(10)20/h3-6,8-9,14H,2,7H2,1H3. The second-order valence-corrected chi connectivity index (χ2v) is 6.60. The van der Waals surface area contributed by atoms with E-state index in [2.05, 4.69) is 0 Å². The molecule has 0 saturated heterocycles. The predicted molar refractivity (Wildman–Crippen MR) is 96.0 cm³/mol. The van der Waals surface area contributed by atoms with Crippen molar-refractivity contribution in [3.05, 3.63) is 67.6 Å². The van der Waals surface area contributed by atoms with Gasteiger partial charge in [-0.05, 0) is 48.7 Å². The van der Waals surface area contributed by atoms with Crippen LogP contribution >= 0.6 is 46.4 Å². The molecule has 0 saturated carbocycles. The molecule has 0 fully saturated rings. The van der Waals surface area contributed by atoms with Crippen molar-refractivity contribution in [2.45, 2.75) is 19.3 Å². The van der Waals surface area contributed by atoms with E-state index in [0.29, 0.717) is 32.1 Å². The third-order valence-electron chi connectivity index (χ3n) is 3.35. The SMILES string of the molecule is CCOC(=O)C(Cc1ccc(Cl)cc1Cl)c1ccc(Cl)cc1Cl. The van der Waals surface area contributed by atoms with Crippen molar-refractivity contribution in [2.24, 2.45) is 0 Å². The summed E-state index contributed by atoms with van der Waals surface area (Å²) in [4.78, 5) is 12.4. The van der Waals surface area contributed by atoms with E-state index >= 15 is 0 Å². The number of hydrogen-bond acceptors (Lipinski definition) is 2. The topological polar surface area (TPSA) is 26.3 Å². The van der Waals surface area contributed by atoms with Crippen LogP contribution in [0.25, 0.3) is 0 Å². The third-order valence-corrected chi connectivity index (χ3v) is 4.50. The van der Waals surface area contributed by atoms with Crippen LogP contribution in [-0.2, 0) is 16.0 Å². The molecule has 1 unspecified atom stereocenters. The second-order valence-electron chi connectivity index (χ2n) is 4.91. The number of halogens is 4. The fourth-order valence-corrected chi connectivity index (χ4v) is 3.28. The first-order valence-corrected chi connectivity index (χ1v) is 8.49. The number of hydrogen-bond donors (Lipinski definition) is 0. The highest BCUT2D eigenvalue weighted by atomic mass is 35.5. The van der Waals surface area contributed by atoms with Crippen molar-refractivity contribution in [2.75, 3.05) is 6.61 Å². The number of carbonyl (C=O) groups excluding carboxylic acids is 1. The summed E-state index contributed by atoms with van der Waals surface area (Å²) < 4.78 is 5.18. The minimum atomic E-state index is -0.571. The molecule has 0 aliphatic heterocycles. The highest BCUT2D eigenvalue weighted by molar-refractivity contribution is 6.35. The molecule has 2 rings (SSSR count). The summed E-state index contributed by atoms with van der Waals surface area (Å²) in [5.41, 5.74) is 1.45. The van der Waals surface area contributed by atoms with E-state index in [-0.39, 0.29) is 12.6 Å². The smallest absolute Gasteiger partial charge is 0.313 e. The number of ether oxygens (including phenoxy) is 1. The van der Waals surface area contributed by atoms with Crippen LogP contribution in [0.2, 0.25) is 20.1 Å². The first-order valence-electron chi connectivity index (χ1n) is 6.98. The Morgan fingerprint density at radius 1 is 1.00 bits per heavy atom. The van der Waals surface area contributed by atoms with Gasteiger partial charge in [0.15, 0.2) is 0 Å². The van der Waals surface area contributed by atoms with Gasteiger partial charge in [0, 0.05) is 20.1 Å². The maximum absolute atomic E-state index is 12.4. The average molecular weight is 392 g/mol. The Balaban J connectivity index is 2.39. The quantitative estimate of drug-likeness (QED) is 0.568. The molecule has 6 heteroatoms. The van der Waals surface area contributed by atoms with Crippen molar-refractivity contribution < 1.29 is 9.53 Å². The first-order chi connectivity index (χ1) is 10.9. The van der Waals surface area contributed by atoms with Crippen molar-refractivity contribution in [1.82, 2.24) is 0 Å². The fourth-order valence-electron chi connectivity index (χ4n) is 2.25. The zero-order valence-electron chi connectivity index (χ0n) is 12.3. The Kier molecular flexibility index (Phi) is 6.60. The summed E-state index contributed by atoms with van der Waals surface area (Å²) in [6.07, 6.45) is 0.357. The molecular formula is C17H14Cl4O2. The summed E-state index contributed by atoms with van der Waals surface area (Å²) >= 11 is 24.3. The summed E-state index contributed by atoms with van der Waals surface area (Å²) in [5.74, 6) is -0.930. The van der Waals surface area contributed by atoms with Gasteiger partial charge in [-0.25, -0.2) is 0 Å². The van der Waals surface area contributed by atoms with E-state index in [9.17, 15) is 4.79 Å². The number of carbonyl (C=O) groups is 1. The van der Waals surface area contributed by atoms with Crippen molar-refractivity contribution in [1.29, 1.82) is 0 Å². The van der Waals surface area contributed by atoms with Gasteiger partial charge in [-0.2, -0.15) is 0 Å². The molecule has 0 radical (unpaired) electrons. The zero-order valence-corrected chi connectivity index (χ0v) is 15.3. The van der Waals surface area contributed by atoms with Gasteiger partial charge in [0.1, 0.15) is 0 Å². The molecule has 1 atom stereocenters. The highest BCUT2D eigenvalue weighted by Gasteiger charge is 2.25. The molecule has 0 spiro atoms. The Hall–Kier alpha value is -0.930. The van der Waals surface area contributed by atoms with Crippen LogP contribution in [0.15, 0.2) is 36.4 Å². The number of esters is 1. The Morgan fingerprint density at radius 3 is 2.17 bits per heavy atom. The molecule has 0 heterocycles.